The predicted molar refractivity (Wildman–Crippen MR) is 90.9 cm³/mol. The molecule has 6 nitrogen and oxygen atoms in total. The van der Waals surface area contributed by atoms with Crippen LogP contribution >= 0.6 is 0 Å². The molecule has 1 spiro atoms. The van der Waals surface area contributed by atoms with E-state index < -0.39 is 56.5 Å². The molecule has 1 aliphatic carbocycles. The quantitative estimate of drug-likeness (QED) is 0.718. The number of oxazole rings is 1. The number of hydrogen-bond donors (Lipinski definition) is 1. The van der Waals surface area contributed by atoms with Crippen molar-refractivity contribution in [2.75, 3.05) is 13.1 Å². The normalized spacial score (nSPS) is 23.6. The van der Waals surface area contributed by atoms with Crippen molar-refractivity contribution in [3.8, 4) is 11.3 Å². The summed E-state index contributed by atoms with van der Waals surface area (Å²) in [6.45, 7) is -0.427. The number of halogens is 6. The van der Waals surface area contributed by atoms with Gasteiger partial charge in [-0.15, -0.1) is 0 Å². The molecule has 1 aromatic carbocycles. The maximum Gasteiger partial charge on any atom is 0.417 e. The van der Waals surface area contributed by atoms with Gasteiger partial charge in [-0.25, -0.2) is 23.3 Å². The van der Waals surface area contributed by atoms with E-state index in [0.717, 1.165) is 22.7 Å². The monoisotopic (exact) mass is 455 g/mol. The van der Waals surface area contributed by atoms with Crippen LogP contribution < -0.4 is 5.14 Å². The van der Waals surface area contributed by atoms with Crippen molar-refractivity contribution in [2.45, 2.75) is 30.9 Å². The van der Waals surface area contributed by atoms with Crippen LogP contribution in [0.4, 0.5) is 26.3 Å². The Hall–Kier alpha value is -2.12. The Morgan fingerprint density at radius 2 is 1.83 bits per heavy atom. The first-order chi connectivity index (χ1) is 13.8. The predicted octanol–water partition coefficient (Wildman–Crippen LogP) is 3.52. The maximum absolute atomic E-state index is 14.7. The molecule has 0 unspecified atom stereocenters. The highest BCUT2D eigenvalue weighted by Gasteiger charge is 2.82. The van der Waals surface area contributed by atoms with Gasteiger partial charge in [0.1, 0.15) is 23.7 Å². The third-order valence-electron chi connectivity index (χ3n) is 5.80. The zero-order valence-corrected chi connectivity index (χ0v) is 15.9. The van der Waals surface area contributed by atoms with Gasteiger partial charge in [0, 0.05) is 18.7 Å². The second-order valence-electron chi connectivity index (χ2n) is 7.41. The fourth-order valence-electron chi connectivity index (χ4n) is 4.18. The molecular weight excluding hydrogens is 440 g/mol. The molecule has 1 aliphatic heterocycles. The van der Waals surface area contributed by atoms with E-state index in [1.54, 1.807) is 0 Å². The first-order valence-electron chi connectivity index (χ1n) is 8.75. The van der Waals surface area contributed by atoms with Crippen molar-refractivity contribution in [1.29, 1.82) is 0 Å². The van der Waals surface area contributed by atoms with Gasteiger partial charge >= 0.3 is 6.18 Å². The third-order valence-corrected chi connectivity index (χ3v) is 6.89. The first kappa shape index (κ1) is 21.1. The van der Waals surface area contributed by atoms with E-state index >= 15 is 0 Å². The van der Waals surface area contributed by atoms with Gasteiger partial charge < -0.3 is 4.42 Å². The van der Waals surface area contributed by atoms with Gasteiger partial charge in [-0.3, -0.25) is 0 Å². The van der Waals surface area contributed by atoms with Gasteiger partial charge in [0.15, 0.2) is 0 Å². The standard InChI is InChI=1S/C17H15F6N3O3S/c18-9-1-2-10(11(7-9)17(21,22)23)12-8-29-14(25-12)13-15(16(13,19)20)3-5-26(6-4-15)30(24,27)28/h1-2,7-8,13H,3-6H2,(H2,24,27,28)/t13-/m0/s1. The Bertz CT molecular complexity index is 1090. The summed E-state index contributed by atoms with van der Waals surface area (Å²) in [5, 5.41) is 5.02. The van der Waals surface area contributed by atoms with Crippen LogP contribution in [0.5, 0.6) is 0 Å². The van der Waals surface area contributed by atoms with Crippen molar-refractivity contribution in [2.24, 2.45) is 10.6 Å². The van der Waals surface area contributed by atoms with Gasteiger partial charge in [0.05, 0.1) is 11.0 Å². The smallest absolute Gasteiger partial charge is 0.417 e. The first-order valence-corrected chi connectivity index (χ1v) is 10.3. The van der Waals surface area contributed by atoms with Gasteiger partial charge in [-0.2, -0.15) is 25.9 Å². The van der Waals surface area contributed by atoms with Crippen LogP contribution in [-0.4, -0.2) is 36.7 Å². The third kappa shape index (κ3) is 3.19. The number of nitrogens with two attached hydrogens (primary N) is 1. The molecule has 4 rings (SSSR count). The lowest BCUT2D eigenvalue weighted by Crippen LogP contribution is -2.43. The molecule has 1 saturated carbocycles. The maximum atomic E-state index is 14.7. The summed E-state index contributed by atoms with van der Waals surface area (Å²) in [6.07, 6.45) is -4.48. The average Bonchev–Trinajstić information content (AvgIpc) is 2.95. The molecule has 2 aliphatic rings. The van der Waals surface area contributed by atoms with Crippen molar-refractivity contribution < 1.29 is 39.2 Å². The molecule has 2 fully saturated rings. The fraction of sp³-hybridized carbons (Fsp3) is 0.471. The Kier molecular flexibility index (Phi) is 4.53. The highest BCUT2D eigenvalue weighted by molar-refractivity contribution is 7.86. The molecular formula is C17H15F6N3O3S. The van der Waals surface area contributed by atoms with Crippen molar-refractivity contribution in [3.05, 3.63) is 41.7 Å². The van der Waals surface area contributed by atoms with Gasteiger partial charge in [-0.05, 0) is 31.0 Å². The van der Waals surface area contributed by atoms with E-state index in [-0.39, 0.29) is 31.6 Å². The summed E-state index contributed by atoms with van der Waals surface area (Å²) in [4.78, 5) is 3.83. The van der Waals surface area contributed by atoms with Crippen molar-refractivity contribution >= 4 is 10.2 Å². The van der Waals surface area contributed by atoms with Crippen LogP contribution in [0.1, 0.15) is 30.2 Å². The molecule has 1 aromatic heterocycles. The lowest BCUT2D eigenvalue weighted by molar-refractivity contribution is -0.137. The molecule has 30 heavy (non-hydrogen) atoms. The number of nitrogens with zero attached hydrogens (tertiary/aromatic N) is 2. The minimum Gasteiger partial charge on any atom is -0.448 e. The largest absolute Gasteiger partial charge is 0.448 e. The Morgan fingerprint density at radius 3 is 2.40 bits per heavy atom. The molecule has 164 valence electrons. The van der Waals surface area contributed by atoms with E-state index in [0.29, 0.717) is 6.07 Å². The van der Waals surface area contributed by atoms with Crippen LogP contribution in [0, 0.1) is 11.2 Å². The van der Waals surface area contributed by atoms with E-state index in [4.69, 9.17) is 9.56 Å². The SMILES string of the molecule is NS(=O)(=O)N1CCC2(CC1)[C@H](c1nc(-c3ccc(F)cc3C(F)(F)F)co1)C2(F)F. The van der Waals surface area contributed by atoms with Crippen molar-refractivity contribution in [1.82, 2.24) is 9.29 Å². The Labute approximate surface area is 166 Å². The van der Waals surface area contributed by atoms with E-state index in [2.05, 4.69) is 4.98 Å². The van der Waals surface area contributed by atoms with Crippen molar-refractivity contribution in [3.63, 3.8) is 0 Å². The van der Waals surface area contributed by atoms with Crippen LogP contribution in [0.15, 0.2) is 28.9 Å². The zero-order valence-electron chi connectivity index (χ0n) is 15.1. The summed E-state index contributed by atoms with van der Waals surface area (Å²) in [5.74, 6) is -6.33. The second-order valence-corrected chi connectivity index (χ2v) is 8.96. The summed E-state index contributed by atoms with van der Waals surface area (Å²) >= 11 is 0. The molecule has 2 N–H and O–H groups in total. The number of aromatic nitrogens is 1. The van der Waals surface area contributed by atoms with Crippen LogP contribution in [-0.2, 0) is 16.4 Å². The summed E-state index contributed by atoms with van der Waals surface area (Å²) in [5.41, 5.74) is -3.76. The second kappa shape index (κ2) is 6.44. The molecule has 0 amide bonds. The lowest BCUT2D eigenvalue weighted by Gasteiger charge is -2.30. The highest BCUT2D eigenvalue weighted by atomic mass is 32.2. The van der Waals surface area contributed by atoms with Crippen LogP contribution in [0.2, 0.25) is 0 Å². The van der Waals surface area contributed by atoms with Crippen LogP contribution in [0.3, 0.4) is 0 Å². The summed E-state index contributed by atoms with van der Waals surface area (Å²) in [6, 6.07) is 1.94. The molecule has 2 heterocycles. The minimum atomic E-state index is -4.89. The number of hydrogen-bond acceptors (Lipinski definition) is 4. The molecule has 2 aromatic rings. The topological polar surface area (TPSA) is 89.4 Å². The van der Waals surface area contributed by atoms with Gasteiger partial charge in [-0.1, -0.05) is 0 Å². The minimum absolute atomic E-state index is 0.205. The highest BCUT2D eigenvalue weighted by Crippen LogP contribution is 2.75. The van der Waals surface area contributed by atoms with E-state index in [9.17, 15) is 34.8 Å². The van der Waals surface area contributed by atoms with Gasteiger partial charge in [0.2, 0.25) is 5.89 Å². The molecule has 13 heteroatoms. The van der Waals surface area contributed by atoms with Crippen LogP contribution in [0.25, 0.3) is 11.3 Å². The summed E-state index contributed by atoms with van der Waals surface area (Å²) < 4.78 is 111. The van der Waals surface area contributed by atoms with E-state index in [1.807, 2.05) is 0 Å². The fourth-order valence-corrected chi connectivity index (χ4v) is 4.87. The number of benzene rings is 1. The molecule has 0 radical (unpaired) electrons. The zero-order chi connectivity index (χ0) is 22.1. The average molecular weight is 455 g/mol. The number of piperidine rings is 1. The molecule has 0 bridgehead atoms. The summed E-state index contributed by atoms with van der Waals surface area (Å²) in [7, 11) is -4.01. The molecule has 1 saturated heterocycles. The lowest BCUT2D eigenvalue weighted by atomic mass is 9.91. The Morgan fingerprint density at radius 1 is 1.20 bits per heavy atom. The van der Waals surface area contributed by atoms with E-state index in [1.165, 1.54) is 0 Å². The number of rotatable bonds is 3. The van der Waals surface area contributed by atoms with Gasteiger partial charge in [0.25, 0.3) is 16.1 Å². The Balaban J connectivity index is 1.63. The number of alkyl halides is 5. The molecule has 1 atom stereocenters.